The van der Waals surface area contributed by atoms with Crippen molar-refractivity contribution >= 4 is 46.8 Å². The molecular weight excluding hydrogens is 361 g/mol. The maximum absolute atomic E-state index is 12.4. The van der Waals surface area contributed by atoms with E-state index < -0.39 is 16.8 Å². The molecule has 1 aliphatic rings. The van der Waals surface area contributed by atoms with Crippen molar-refractivity contribution in [3.05, 3.63) is 28.2 Å². The van der Waals surface area contributed by atoms with Crippen molar-refractivity contribution in [3.8, 4) is 0 Å². The Hall–Kier alpha value is -0.950. The Bertz CT molecular complexity index is 605. The van der Waals surface area contributed by atoms with Gasteiger partial charge in [0.25, 0.3) is 0 Å². The van der Waals surface area contributed by atoms with E-state index in [2.05, 4.69) is 5.32 Å². The molecule has 1 saturated heterocycles. The van der Waals surface area contributed by atoms with Crippen molar-refractivity contribution in [3.63, 3.8) is 0 Å². The van der Waals surface area contributed by atoms with Gasteiger partial charge in [-0.05, 0) is 31.5 Å². The topological polar surface area (TPSA) is 75.6 Å². The van der Waals surface area contributed by atoms with Crippen LogP contribution in [0.5, 0.6) is 0 Å². The van der Waals surface area contributed by atoms with E-state index >= 15 is 0 Å². The number of carbonyl (C=O) groups excluding carboxylic acids is 1. The zero-order chi connectivity index (χ0) is 17.0. The largest absolute Gasteiger partial charge is 0.481 e. The Morgan fingerprint density at radius 1 is 1.48 bits per heavy atom. The molecule has 0 bridgehead atoms. The lowest BCUT2D eigenvalue weighted by atomic mass is 9.94. The summed E-state index contributed by atoms with van der Waals surface area (Å²) in [5.74, 6) is -1.22. The van der Waals surface area contributed by atoms with Gasteiger partial charge in [-0.2, -0.15) is 0 Å². The van der Waals surface area contributed by atoms with Gasteiger partial charge in [0, 0.05) is 16.5 Å². The summed E-state index contributed by atoms with van der Waals surface area (Å²) in [6, 6.07) is 5.05. The fourth-order valence-electron chi connectivity index (χ4n) is 2.35. The van der Waals surface area contributed by atoms with Crippen LogP contribution in [0.4, 0.5) is 0 Å². The molecule has 0 spiro atoms. The molecule has 1 aliphatic heterocycles. The average molecular weight is 378 g/mol. The summed E-state index contributed by atoms with van der Waals surface area (Å²) in [7, 11) is 0. The van der Waals surface area contributed by atoms with E-state index in [0.717, 1.165) is 0 Å². The van der Waals surface area contributed by atoms with Crippen LogP contribution in [0, 0.1) is 0 Å². The summed E-state index contributed by atoms with van der Waals surface area (Å²) in [5.41, 5.74) is -0.837. The Balaban J connectivity index is 2.04. The number of carboxylic acids is 1. The molecule has 5 nitrogen and oxygen atoms in total. The Morgan fingerprint density at radius 3 is 2.83 bits per heavy atom. The molecule has 1 heterocycles. The van der Waals surface area contributed by atoms with Crippen LogP contribution in [-0.2, 0) is 14.3 Å². The summed E-state index contributed by atoms with van der Waals surface area (Å²) in [6.07, 6.45) is 0.328. The lowest BCUT2D eigenvalue weighted by Gasteiger charge is -2.28. The molecule has 2 unspecified atom stereocenters. The predicted molar refractivity (Wildman–Crippen MR) is 90.3 cm³/mol. The number of carbonyl (C=O) groups is 2. The van der Waals surface area contributed by atoms with Crippen LogP contribution in [0.2, 0.25) is 10.0 Å². The molecule has 2 N–H and O–H groups in total. The van der Waals surface area contributed by atoms with Crippen molar-refractivity contribution in [2.24, 2.45) is 0 Å². The molecule has 0 saturated carbocycles. The summed E-state index contributed by atoms with van der Waals surface area (Å²) < 4.78 is 5.27. The number of nitrogens with one attached hydrogen (secondary N) is 1. The normalized spacial score (nSPS) is 21.9. The lowest BCUT2D eigenvalue weighted by Crippen LogP contribution is -2.52. The molecule has 0 aliphatic carbocycles. The Morgan fingerprint density at radius 2 is 2.22 bits per heavy atom. The average Bonchev–Trinajstić information content (AvgIpc) is 2.90. The van der Waals surface area contributed by atoms with Gasteiger partial charge in [-0.3, -0.25) is 9.59 Å². The zero-order valence-corrected chi connectivity index (χ0v) is 14.8. The number of halogens is 2. The highest BCUT2D eigenvalue weighted by molar-refractivity contribution is 8.00. The molecule has 126 valence electrons. The van der Waals surface area contributed by atoms with Crippen LogP contribution in [0.25, 0.3) is 0 Å². The highest BCUT2D eigenvalue weighted by atomic mass is 35.5. The van der Waals surface area contributed by atoms with E-state index in [4.69, 9.17) is 33.0 Å². The second-order valence-corrected chi connectivity index (χ2v) is 7.70. The van der Waals surface area contributed by atoms with Crippen molar-refractivity contribution in [2.75, 3.05) is 13.2 Å². The number of carboxylic acid groups (broad SMARTS) is 1. The van der Waals surface area contributed by atoms with E-state index in [1.807, 2.05) is 0 Å². The van der Waals surface area contributed by atoms with Crippen LogP contribution in [0.15, 0.2) is 23.1 Å². The molecule has 23 heavy (non-hydrogen) atoms. The standard InChI is InChI=1S/C15H17Cl2NO4S/c1-9(23-12-6-10(16)2-3-11(12)17)14(21)18-15(7-13(19)20)4-5-22-8-15/h2-3,6,9H,4-5,7-8H2,1H3,(H,18,21)(H,19,20). The molecule has 1 aromatic rings. The van der Waals surface area contributed by atoms with Gasteiger partial charge in [0.1, 0.15) is 0 Å². The van der Waals surface area contributed by atoms with Gasteiger partial charge in [0.05, 0.1) is 28.8 Å². The first kappa shape index (κ1) is 18.4. The lowest BCUT2D eigenvalue weighted by molar-refractivity contribution is -0.139. The van der Waals surface area contributed by atoms with Gasteiger partial charge in [0.2, 0.25) is 5.91 Å². The molecule has 1 fully saturated rings. The minimum absolute atomic E-state index is 0.159. The first-order chi connectivity index (χ1) is 10.8. The number of aliphatic carboxylic acids is 1. The quantitative estimate of drug-likeness (QED) is 0.744. The first-order valence-corrected chi connectivity index (χ1v) is 8.68. The molecule has 1 aromatic carbocycles. The number of benzene rings is 1. The maximum Gasteiger partial charge on any atom is 0.305 e. The van der Waals surface area contributed by atoms with Crippen LogP contribution >= 0.6 is 35.0 Å². The van der Waals surface area contributed by atoms with E-state index in [-0.39, 0.29) is 18.9 Å². The van der Waals surface area contributed by atoms with E-state index in [0.29, 0.717) is 28.0 Å². The molecule has 0 aromatic heterocycles. The number of rotatable bonds is 6. The SMILES string of the molecule is CC(Sc1cc(Cl)ccc1Cl)C(=O)NC1(CC(=O)O)CCOC1. The molecule has 2 rings (SSSR count). The van der Waals surface area contributed by atoms with Crippen molar-refractivity contribution in [2.45, 2.75) is 35.4 Å². The highest BCUT2D eigenvalue weighted by Crippen LogP contribution is 2.33. The summed E-state index contributed by atoms with van der Waals surface area (Å²) in [4.78, 5) is 24.2. The monoisotopic (exact) mass is 377 g/mol. The van der Waals surface area contributed by atoms with Gasteiger partial charge < -0.3 is 15.2 Å². The Labute approximate surface area is 148 Å². The molecular formula is C15H17Cl2NO4S. The molecule has 2 atom stereocenters. The molecule has 0 radical (unpaired) electrons. The third-order valence-corrected chi connectivity index (χ3v) is 5.38. The summed E-state index contributed by atoms with van der Waals surface area (Å²) in [6.45, 7) is 2.39. The van der Waals surface area contributed by atoms with E-state index in [1.165, 1.54) is 11.8 Å². The summed E-state index contributed by atoms with van der Waals surface area (Å²) >= 11 is 13.3. The van der Waals surface area contributed by atoms with Gasteiger partial charge in [-0.15, -0.1) is 11.8 Å². The van der Waals surface area contributed by atoms with Gasteiger partial charge in [-0.25, -0.2) is 0 Å². The smallest absolute Gasteiger partial charge is 0.305 e. The second kappa shape index (κ2) is 7.75. The number of ether oxygens (including phenoxy) is 1. The molecule has 8 heteroatoms. The van der Waals surface area contributed by atoms with Crippen molar-refractivity contribution < 1.29 is 19.4 Å². The third kappa shape index (κ3) is 5.01. The van der Waals surface area contributed by atoms with Gasteiger partial charge in [0.15, 0.2) is 0 Å². The fourth-order valence-corrected chi connectivity index (χ4v) is 3.76. The minimum atomic E-state index is -0.964. The Kier molecular flexibility index (Phi) is 6.19. The number of hydrogen-bond donors (Lipinski definition) is 2. The van der Waals surface area contributed by atoms with Crippen LogP contribution in [0.1, 0.15) is 19.8 Å². The first-order valence-electron chi connectivity index (χ1n) is 7.05. The number of amides is 1. The van der Waals surface area contributed by atoms with E-state index in [1.54, 1.807) is 25.1 Å². The van der Waals surface area contributed by atoms with Crippen molar-refractivity contribution in [1.82, 2.24) is 5.32 Å². The molecule has 1 amide bonds. The third-order valence-electron chi connectivity index (χ3n) is 3.55. The van der Waals surface area contributed by atoms with Crippen molar-refractivity contribution in [1.29, 1.82) is 0 Å². The second-order valence-electron chi connectivity index (χ2n) is 5.48. The van der Waals surface area contributed by atoms with Gasteiger partial charge in [-0.1, -0.05) is 23.2 Å². The van der Waals surface area contributed by atoms with Crippen LogP contribution in [-0.4, -0.2) is 41.0 Å². The minimum Gasteiger partial charge on any atom is -0.481 e. The number of thioether (sulfide) groups is 1. The summed E-state index contributed by atoms with van der Waals surface area (Å²) in [5, 5.41) is 12.5. The predicted octanol–water partition coefficient (Wildman–Crippen LogP) is 3.22. The highest BCUT2D eigenvalue weighted by Gasteiger charge is 2.39. The van der Waals surface area contributed by atoms with Crippen LogP contribution < -0.4 is 5.32 Å². The fraction of sp³-hybridized carbons (Fsp3) is 0.467. The maximum atomic E-state index is 12.4. The number of hydrogen-bond acceptors (Lipinski definition) is 4. The van der Waals surface area contributed by atoms with E-state index in [9.17, 15) is 9.59 Å². The zero-order valence-electron chi connectivity index (χ0n) is 12.5. The van der Waals surface area contributed by atoms with Gasteiger partial charge >= 0.3 is 5.97 Å². The van der Waals surface area contributed by atoms with Crippen LogP contribution in [0.3, 0.4) is 0 Å².